The third-order valence-electron chi connectivity index (χ3n) is 2.06. The van der Waals surface area contributed by atoms with Gasteiger partial charge in [0.25, 0.3) is 0 Å². The Bertz CT molecular complexity index is 380. The first kappa shape index (κ1) is 8.74. The number of benzene rings is 1. The second kappa shape index (κ2) is 3.91. The summed E-state index contributed by atoms with van der Waals surface area (Å²) in [5.41, 5.74) is 1.19. The monoisotopic (exact) mass is 189 g/mol. The molecule has 14 heavy (non-hydrogen) atoms. The molecule has 1 N–H and O–H groups in total. The number of aromatic nitrogens is 3. The molecule has 0 atom stereocenters. The molecule has 1 aromatic carbocycles. The minimum Gasteiger partial charge on any atom is -0.508 e. The Labute approximate surface area is 81.8 Å². The highest BCUT2D eigenvalue weighted by Gasteiger charge is 1.94. The van der Waals surface area contributed by atoms with Gasteiger partial charge in [0, 0.05) is 6.54 Å². The van der Waals surface area contributed by atoms with E-state index < -0.39 is 0 Å². The second-order valence-corrected chi connectivity index (χ2v) is 3.12. The zero-order valence-electron chi connectivity index (χ0n) is 7.67. The predicted octanol–water partition coefficient (Wildman–Crippen LogP) is 1.23. The van der Waals surface area contributed by atoms with Crippen molar-refractivity contribution in [3.05, 3.63) is 42.5 Å². The first-order valence-electron chi connectivity index (χ1n) is 4.45. The zero-order valence-corrected chi connectivity index (χ0v) is 7.67. The molecule has 0 bridgehead atoms. The molecule has 2 aromatic rings. The van der Waals surface area contributed by atoms with Crippen LogP contribution in [0.3, 0.4) is 0 Å². The first-order valence-corrected chi connectivity index (χ1v) is 4.45. The van der Waals surface area contributed by atoms with Crippen molar-refractivity contribution in [3.63, 3.8) is 0 Å². The Morgan fingerprint density at radius 1 is 1.07 bits per heavy atom. The lowest BCUT2D eigenvalue weighted by Gasteiger charge is -2.01. The lowest BCUT2D eigenvalue weighted by molar-refractivity contribution is 0.475. The summed E-state index contributed by atoms with van der Waals surface area (Å²) in [6.07, 6.45) is 4.30. The number of aryl methyl sites for hydroxylation is 2. The number of hydrogen-bond donors (Lipinski definition) is 1. The molecule has 1 heterocycles. The maximum absolute atomic E-state index is 9.08. The fraction of sp³-hybridized carbons (Fsp3) is 0.200. The van der Waals surface area contributed by atoms with Crippen LogP contribution in [0.2, 0.25) is 0 Å². The van der Waals surface area contributed by atoms with Crippen molar-refractivity contribution in [2.24, 2.45) is 0 Å². The van der Waals surface area contributed by atoms with Crippen LogP contribution in [0.5, 0.6) is 5.75 Å². The fourth-order valence-corrected chi connectivity index (χ4v) is 1.26. The topological polar surface area (TPSA) is 50.9 Å². The third kappa shape index (κ3) is 2.10. The maximum Gasteiger partial charge on any atom is 0.119 e. The fourth-order valence-electron chi connectivity index (χ4n) is 1.26. The van der Waals surface area contributed by atoms with Crippen LogP contribution in [0.4, 0.5) is 0 Å². The number of phenolic OH excluding ortho intramolecular Hbond substituents is 1. The van der Waals surface area contributed by atoms with Crippen LogP contribution in [0.25, 0.3) is 0 Å². The molecule has 0 aliphatic carbocycles. The Balaban J connectivity index is 1.95. The largest absolute Gasteiger partial charge is 0.508 e. The third-order valence-corrected chi connectivity index (χ3v) is 2.06. The van der Waals surface area contributed by atoms with Crippen LogP contribution in [-0.4, -0.2) is 19.9 Å². The molecule has 0 saturated heterocycles. The number of hydrogen-bond acceptors (Lipinski definition) is 3. The van der Waals surface area contributed by atoms with Gasteiger partial charge in [0.05, 0.1) is 0 Å². The van der Waals surface area contributed by atoms with Gasteiger partial charge in [-0.2, -0.15) is 0 Å². The van der Waals surface area contributed by atoms with Crippen LogP contribution < -0.4 is 0 Å². The van der Waals surface area contributed by atoms with Crippen molar-refractivity contribution in [2.45, 2.75) is 13.0 Å². The molecule has 4 nitrogen and oxygen atoms in total. The van der Waals surface area contributed by atoms with Crippen LogP contribution in [0, 0.1) is 0 Å². The summed E-state index contributed by atoms with van der Waals surface area (Å²) in [5, 5.41) is 16.5. The molecule has 0 aliphatic rings. The normalized spacial score (nSPS) is 10.3. The zero-order chi connectivity index (χ0) is 9.80. The van der Waals surface area contributed by atoms with Gasteiger partial charge in [-0.25, -0.2) is 0 Å². The molecule has 0 aliphatic heterocycles. The van der Waals surface area contributed by atoms with Crippen molar-refractivity contribution in [2.75, 3.05) is 0 Å². The van der Waals surface area contributed by atoms with E-state index in [2.05, 4.69) is 10.2 Å². The quantitative estimate of drug-likeness (QED) is 0.790. The van der Waals surface area contributed by atoms with E-state index in [0.717, 1.165) is 13.0 Å². The van der Waals surface area contributed by atoms with Gasteiger partial charge in [-0.1, -0.05) is 12.1 Å². The van der Waals surface area contributed by atoms with Crippen molar-refractivity contribution in [1.82, 2.24) is 14.8 Å². The standard InChI is InChI=1S/C10H11N3O/c14-10-3-1-9(2-4-10)5-6-13-7-11-12-8-13/h1-4,7-8,14H,5-6H2. The van der Waals surface area contributed by atoms with E-state index in [4.69, 9.17) is 5.11 Å². The Morgan fingerprint density at radius 2 is 1.71 bits per heavy atom. The second-order valence-electron chi connectivity index (χ2n) is 3.12. The van der Waals surface area contributed by atoms with E-state index in [9.17, 15) is 0 Å². The Hall–Kier alpha value is -1.84. The molecule has 0 amide bonds. The van der Waals surface area contributed by atoms with E-state index in [1.165, 1.54) is 5.56 Å². The minimum absolute atomic E-state index is 0.304. The van der Waals surface area contributed by atoms with Gasteiger partial charge in [-0.05, 0) is 24.1 Å². The summed E-state index contributed by atoms with van der Waals surface area (Å²) >= 11 is 0. The van der Waals surface area contributed by atoms with Gasteiger partial charge in [-0.15, -0.1) is 10.2 Å². The molecule has 2 rings (SSSR count). The van der Waals surface area contributed by atoms with E-state index in [0.29, 0.717) is 5.75 Å². The number of phenols is 1. The lowest BCUT2D eigenvalue weighted by atomic mass is 10.1. The van der Waals surface area contributed by atoms with Crippen LogP contribution in [0.1, 0.15) is 5.56 Å². The summed E-state index contributed by atoms with van der Waals surface area (Å²) in [6.45, 7) is 0.859. The Morgan fingerprint density at radius 3 is 2.36 bits per heavy atom. The predicted molar refractivity (Wildman–Crippen MR) is 51.8 cm³/mol. The lowest BCUT2D eigenvalue weighted by Crippen LogP contribution is -1.98. The molecule has 0 spiro atoms. The molecule has 1 aromatic heterocycles. The van der Waals surface area contributed by atoms with Crippen LogP contribution in [-0.2, 0) is 13.0 Å². The summed E-state index contributed by atoms with van der Waals surface area (Å²) in [4.78, 5) is 0. The van der Waals surface area contributed by atoms with Gasteiger partial charge in [-0.3, -0.25) is 0 Å². The average molecular weight is 189 g/mol. The summed E-state index contributed by atoms with van der Waals surface area (Å²) in [6, 6.07) is 7.22. The van der Waals surface area contributed by atoms with E-state index in [-0.39, 0.29) is 0 Å². The SMILES string of the molecule is Oc1ccc(CCn2cnnc2)cc1. The van der Waals surface area contributed by atoms with Crippen molar-refractivity contribution < 1.29 is 5.11 Å². The van der Waals surface area contributed by atoms with E-state index >= 15 is 0 Å². The van der Waals surface area contributed by atoms with Crippen molar-refractivity contribution in [1.29, 1.82) is 0 Å². The van der Waals surface area contributed by atoms with Crippen molar-refractivity contribution in [3.8, 4) is 5.75 Å². The number of aromatic hydroxyl groups is 1. The highest BCUT2D eigenvalue weighted by Crippen LogP contribution is 2.10. The maximum atomic E-state index is 9.08. The van der Waals surface area contributed by atoms with Gasteiger partial charge in [0.2, 0.25) is 0 Å². The minimum atomic E-state index is 0.304. The van der Waals surface area contributed by atoms with Gasteiger partial charge in [0.1, 0.15) is 18.4 Å². The number of nitrogens with zero attached hydrogens (tertiary/aromatic N) is 3. The molecule has 0 fully saturated rings. The molecule has 0 saturated carbocycles. The first-order chi connectivity index (χ1) is 6.84. The van der Waals surface area contributed by atoms with Crippen LogP contribution >= 0.6 is 0 Å². The highest BCUT2D eigenvalue weighted by molar-refractivity contribution is 5.25. The summed E-state index contributed by atoms with van der Waals surface area (Å²) in [7, 11) is 0. The molecule has 72 valence electrons. The van der Waals surface area contributed by atoms with E-state index in [1.807, 2.05) is 16.7 Å². The van der Waals surface area contributed by atoms with Gasteiger partial charge >= 0.3 is 0 Å². The van der Waals surface area contributed by atoms with Gasteiger partial charge < -0.3 is 9.67 Å². The molecule has 4 heteroatoms. The molecule has 0 radical (unpaired) electrons. The van der Waals surface area contributed by atoms with E-state index in [1.54, 1.807) is 24.8 Å². The van der Waals surface area contributed by atoms with Crippen LogP contribution in [0.15, 0.2) is 36.9 Å². The smallest absolute Gasteiger partial charge is 0.119 e. The molecule has 0 unspecified atom stereocenters. The molecular formula is C10H11N3O. The van der Waals surface area contributed by atoms with Crippen molar-refractivity contribution >= 4 is 0 Å². The number of rotatable bonds is 3. The highest BCUT2D eigenvalue weighted by atomic mass is 16.3. The average Bonchev–Trinajstić information content (AvgIpc) is 2.70. The Kier molecular flexibility index (Phi) is 2.44. The summed E-state index contributed by atoms with van der Waals surface area (Å²) in [5.74, 6) is 0.304. The summed E-state index contributed by atoms with van der Waals surface area (Å²) < 4.78 is 1.92. The molecular weight excluding hydrogens is 178 g/mol. The van der Waals surface area contributed by atoms with Gasteiger partial charge in [0.15, 0.2) is 0 Å².